The molecule has 0 atom stereocenters. The number of carboxylic acids is 1. The van der Waals surface area contributed by atoms with Crippen LogP contribution in [0.4, 0.5) is 5.82 Å². The summed E-state index contributed by atoms with van der Waals surface area (Å²) < 4.78 is 0. The fourth-order valence-electron chi connectivity index (χ4n) is 2.32. The second kappa shape index (κ2) is 7.81. The van der Waals surface area contributed by atoms with E-state index in [0.29, 0.717) is 11.7 Å². The molecule has 0 fully saturated rings. The van der Waals surface area contributed by atoms with Gasteiger partial charge in [-0.3, -0.25) is 0 Å². The average Bonchev–Trinajstić information content (AvgIpc) is 2.67. The van der Waals surface area contributed by atoms with Gasteiger partial charge in [-0.1, -0.05) is 66.4 Å². The number of nitrogens with one attached hydrogen (secondary N) is 1. The maximum atomic E-state index is 10.8. The summed E-state index contributed by atoms with van der Waals surface area (Å²) in [5.41, 5.74) is 3.01. The largest absolute Gasteiger partial charge is 0.545 e. The van der Waals surface area contributed by atoms with Crippen molar-refractivity contribution in [1.29, 1.82) is 0 Å². The van der Waals surface area contributed by atoms with E-state index < -0.39 is 5.97 Å². The van der Waals surface area contributed by atoms with Crippen LogP contribution >= 0.6 is 11.8 Å². The molecule has 0 saturated carbocycles. The number of carbonyl (C=O) groups excluding carboxylic acids is 1. The molecule has 5 nitrogen and oxygen atoms in total. The number of nitrogens with zero attached hydrogens (tertiary/aromatic N) is 2. The van der Waals surface area contributed by atoms with Crippen LogP contribution in [0.25, 0.3) is 11.3 Å². The third kappa shape index (κ3) is 4.36. The Morgan fingerprint density at radius 3 is 2.44 bits per heavy atom. The molecule has 3 aromatic rings. The van der Waals surface area contributed by atoms with E-state index in [-0.39, 0.29) is 5.56 Å². The molecule has 1 aromatic heterocycles. The van der Waals surface area contributed by atoms with Gasteiger partial charge in [-0.25, -0.2) is 9.97 Å². The van der Waals surface area contributed by atoms with Crippen LogP contribution in [-0.2, 0) is 6.54 Å². The lowest BCUT2D eigenvalue weighted by molar-refractivity contribution is -0.255. The number of anilines is 1. The molecular weight excluding hydrogens is 334 g/mol. The van der Waals surface area contributed by atoms with Crippen LogP contribution in [0.3, 0.4) is 0 Å². The number of aromatic nitrogens is 2. The number of carbonyl (C=O) groups is 1. The first kappa shape index (κ1) is 17.0. The van der Waals surface area contributed by atoms with Crippen LogP contribution in [0.2, 0.25) is 0 Å². The molecule has 126 valence electrons. The zero-order valence-electron chi connectivity index (χ0n) is 13.6. The Balaban J connectivity index is 1.79. The van der Waals surface area contributed by atoms with Gasteiger partial charge in [0.1, 0.15) is 5.82 Å². The first-order chi connectivity index (χ1) is 12.2. The van der Waals surface area contributed by atoms with E-state index in [0.717, 1.165) is 22.6 Å². The number of benzene rings is 2. The predicted octanol–water partition coefficient (Wildman–Crippen LogP) is 2.84. The maximum Gasteiger partial charge on any atom is 0.189 e. The fourth-order valence-corrected chi connectivity index (χ4v) is 2.69. The molecular formula is C19H16N3O2S-. The SMILES string of the molecule is CSc1nc(NCc2ccc(C(=O)[O-])cc2)cc(-c2ccccc2)n1. The summed E-state index contributed by atoms with van der Waals surface area (Å²) in [5, 5.41) is 14.7. The minimum atomic E-state index is -1.17. The number of thioether (sulfide) groups is 1. The van der Waals surface area contributed by atoms with Crippen LogP contribution in [0.1, 0.15) is 15.9 Å². The van der Waals surface area contributed by atoms with Gasteiger partial charge in [-0.2, -0.15) is 0 Å². The van der Waals surface area contributed by atoms with Crippen molar-refractivity contribution >= 4 is 23.5 Å². The van der Waals surface area contributed by atoms with Crippen LogP contribution in [-0.4, -0.2) is 22.2 Å². The van der Waals surface area contributed by atoms with E-state index in [1.165, 1.54) is 23.9 Å². The van der Waals surface area contributed by atoms with E-state index in [1.807, 2.05) is 42.7 Å². The van der Waals surface area contributed by atoms with Crippen molar-refractivity contribution in [3.8, 4) is 11.3 Å². The lowest BCUT2D eigenvalue weighted by Gasteiger charge is -2.10. The minimum Gasteiger partial charge on any atom is -0.545 e. The van der Waals surface area contributed by atoms with E-state index in [1.54, 1.807) is 12.1 Å². The highest BCUT2D eigenvalue weighted by Crippen LogP contribution is 2.23. The minimum absolute atomic E-state index is 0.168. The Hall–Kier alpha value is -2.86. The van der Waals surface area contributed by atoms with Gasteiger partial charge in [0.05, 0.1) is 11.7 Å². The zero-order chi connectivity index (χ0) is 17.6. The molecule has 6 heteroatoms. The first-order valence-corrected chi connectivity index (χ1v) is 8.91. The zero-order valence-corrected chi connectivity index (χ0v) is 14.4. The molecule has 0 radical (unpaired) electrons. The maximum absolute atomic E-state index is 10.8. The van der Waals surface area contributed by atoms with Crippen LogP contribution in [0.5, 0.6) is 0 Å². The Kier molecular flexibility index (Phi) is 5.30. The number of aromatic carboxylic acids is 1. The first-order valence-electron chi connectivity index (χ1n) is 7.68. The summed E-state index contributed by atoms with van der Waals surface area (Å²) in [6.07, 6.45) is 1.94. The molecule has 3 rings (SSSR count). The monoisotopic (exact) mass is 350 g/mol. The lowest BCUT2D eigenvalue weighted by Crippen LogP contribution is -2.22. The highest BCUT2D eigenvalue weighted by molar-refractivity contribution is 7.98. The second-order valence-corrected chi connectivity index (χ2v) is 6.10. The molecule has 2 aromatic carbocycles. The summed E-state index contributed by atoms with van der Waals surface area (Å²) in [6, 6.07) is 18.4. The van der Waals surface area contributed by atoms with Crippen molar-refractivity contribution in [2.45, 2.75) is 11.7 Å². The van der Waals surface area contributed by atoms with Crippen molar-refractivity contribution in [3.63, 3.8) is 0 Å². The Bertz CT molecular complexity index is 868. The summed E-state index contributed by atoms with van der Waals surface area (Å²) in [4.78, 5) is 19.8. The van der Waals surface area contributed by atoms with Crippen molar-refractivity contribution in [3.05, 3.63) is 71.8 Å². The third-order valence-electron chi connectivity index (χ3n) is 3.62. The van der Waals surface area contributed by atoms with Gasteiger partial charge in [0.15, 0.2) is 5.16 Å². The Morgan fingerprint density at radius 2 is 1.80 bits per heavy atom. The topological polar surface area (TPSA) is 77.9 Å². The molecule has 25 heavy (non-hydrogen) atoms. The normalized spacial score (nSPS) is 10.4. The molecule has 0 aliphatic heterocycles. The molecule has 0 saturated heterocycles. The smallest absolute Gasteiger partial charge is 0.189 e. The van der Waals surface area contributed by atoms with Gasteiger partial charge in [0.2, 0.25) is 0 Å². The van der Waals surface area contributed by atoms with Crippen LogP contribution in [0.15, 0.2) is 65.8 Å². The Labute approximate surface area is 150 Å². The molecule has 1 heterocycles. The molecule has 0 unspecified atom stereocenters. The number of carboxylic acid groups (broad SMARTS) is 1. The van der Waals surface area contributed by atoms with Crippen LogP contribution in [0, 0.1) is 0 Å². The molecule has 0 bridgehead atoms. The lowest BCUT2D eigenvalue weighted by atomic mass is 10.1. The average molecular weight is 350 g/mol. The number of hydrogen-bond acceptors (Lipinski definition) is 6. The summed E-state index contributed by atoms with van der Waals surface area (Å²) in [7, 11) is 0. The van der Waals surface area contributed by atoms with Gasteiger partial charge in [-0.15, -0.1) is 0 Å². The van der Waals surface area contributed by atoms with Crippen molar-refractivity contribution in [2.24, 2.45) is 0 Å². The van der Waals surface area contributed by atoms with E-state index in [9.17, 15) is 9.90 Å². The predicted molar refractivity (Wildman–Crippen MR) is 97.3 cm³/mol. The van der Waals surface area contributed by atoms with E-state index in [2.05, 4.69) is 15.3 Å². The Morgan fingerprint density at radius 1 is 1.08 bits per heavy atom. The second-order valence-electron chi connectivity index (χ2n) is 5.33. The quantitative estimate of drug-likeness (QED) is 0.544. The number of hydrogen-bond donors (Lipinski definition) is 1. The van der Waals surface area contributed by atoms with E-state index >= 15 is 0 Å². The van der Waals surface area contributed by atoms with Crippen LogP contribution < -0.4 is 10.4 Å². The molecule has 0 aliphatic carbocycles. The van der Waals surface area contributed by atoms with Gasteiger partial charge in [-0.05, 0) is 17.4 Å². The summed E-state index contributed by atoms with van der Waals surface area (Å²) >= 11 is 1.48. The van der Waals surface area contributed by atoms with Crippen molar-refractivity contribution < 1.29 is 9.90 Å². The van der Waals surface area contributed by atoms with Gasteiger partial charge in [0.25, 0.3) is 0 Å². The van der Waals surface area contributed by atoms with Crippen molar-refractivity contribution in [2.75, 3.05) is 11.6 Å². The molecule has 0 spiro atoms. The standard InChI is InChI=1S/C19H17N3O2S/c1-25-19-21-16(14-5-3-2-4-6-14)11-17(22-19)20-12-13-7-9-15(10-8-13)18(23)24/h2-11H,12H2,1H3,(H,23,24)(H,20,21,22)/p-1. The highest BCUT2D eigenvalue weighted by atomic mass is 32.2. The molecule has 1 N–H and O–H groups in total. The highest BCUT2D eigenvalue weighted by Gasteiger charge is 2.06. The summed E-state index contributed by atoms with van der Waals surface area (Å²) in [5.74, 6) is -0.449. The summed E-state index contributed by atoms with van der Waals surface area (Å²) in [6.45, 7) is 0.534. The van der Waals surface area contributed by atoms with Gasteiger partial charge >= 0.3 is 0 Å². The van der Waals surface area contributed by atoms with Gasteiger partial charge in [0, 0.05) is 18.2 Å². The van der Waals surface area contributed by atoms with Gasteiger partial charge < -0.3 is 15.2 Å². The third-order valence-corrected chi connectivity index (χ3v) is 4.17. The molecule has 0 amide bonds. The molecule has 0 aliphatic rings. The van der Waals surface area contributed by atoms with E-state index in [4.69, 9.17) is 0 Å². The number of rotatable bonds is 6. The van der Waals surface area contributed by atoms with Crippen molar-refractivity contribution in [1.82, 2.24) is 9.97 Å². The fraction of sp³-hybridized carbons (Fsp3) is 0.105.